The van der Waals surface area contributed by atoms with E-state index in [9.17, 15) is 8.42 Å². The maximum absolute atomic E-state index is 12.7. The van der Waals surface area contributed by atoms with Crippen LogP contribution in [-0.2, 0) is 14.8 Å². The molecule has 1 aliphatic rings. The van der Waals surface area contributed by atoms with Gasteiger partial charge in [0.05, 0.1) is 17.7 Å². The lowest BCUT2D eigenvalue weighted by Gasteiger charge is -2.36. The first-order valence-corrected chi connectivity index (χ1v) is 9.74. The molecule has 1 aliphatic heterocycles. The van der Waals surface area contributed by atoms with E-state index in [-0.39, 0.29) is 22.1 Å². The van der Waals surface area contributed by atoms with E-state index in [1.165, 1.54) is 10.4 Å². The van der Waals surface area contributed by atoms with Gasteiger partial charge < -0.3 is 4.74 Å². The van der Waals surface area contributed by atoms with Crippen LogP contribution >= 0.6 is 43.5 Å². The molecule has 20 heavy (non-hydrogen) atoms. The van der Waals surface area contributed by atoms with Crippen LogP contribution in [0.25, 0.3) is 0 Å². The van der Waals surface area contributed by atoms with Gasteiger partial charge in [-0.1, -0.05) is 43.5 Å². The molecule has 0 radical (unpaired) electrons. The van der Waals surface area contributed by atoms with Gasteiger partial charge in [-0.2, -0.15) is 4.31 Å². The van der Waals surface area contributed by atoms with E-state index in [1.807, 2.05) is 6.92 Å². The molecule has 0 saturated carbocycles. The molecule has 1 heterocycles. The number of benzene rings is 1. The van der Waals surface area contributed by atoms with Gasteiger partial charge in [-0.25, -0.2) is 8.42 Å². The minimum absolute atomic E-state index is 0.129. The highest BCUT2D eigenvalue weighted by molar-refractivity contribution is 9.10. The Balaban J connectivity index is 2.38. The highest BCUT2D eigenvalue weighted by Gasteiger charge is 2.36. The van der Waals surface area contributed by atoms with Crippen molar-refractivity contribution in [3.8, 4) is 0 Å². The van der Waals surface area contributed by atoms with Crippen LogP contribution in [0.5, 0.6) is 0 Å². The third-order valence-electron chi connectivity index (χ3n) is 3.10. The minimum atomic E-state index is -3.62. The van der Waals surface area contributed by atoms with Crippen molar-refractivity contribution in [1.82, 2.24) is 4.31 Å². The van der Waals surface area contributed by atoms with E-state index < -0.39 is 10.0 Å². The lowest BCUT2D eigenvalue weighted by Crippen LogP contribution is -2.51. The lowest BCUT2D eigenvalue weighted by molar-refractivity contribution is -0.0139. The molecule has 0 amide bonds. The normalized spacial score (nSPS) is 24.8. The summed E-state index contributed by atoms with van der Waals surface area (Å²) in [6.07, 6.45) is -0.143. The lowest BCUT2D eigenvalue weighted by atomic mass is 10.2. The highest BCUT2D eigenvalue weighted by atomic mass is 79.9. The Morgan fingerprint density at radius 1 is 1.50 bits per heavy atom. The maximum Gasteiger partial charge on any atom is 0.244 e. The number of alkyl halides is 1. The first-order chi connectivity index (χ1) is 9.36. The monoisotopic (exact) mass is 445 g/mol. The van der Waals surface area contributed by atoms with Crippen molar-refractivity contribution >= 4 is 53.5 Å². The topological polar surface area (TPSA) is 46.6 Å². The SMILES string of the molecule is CC1COC(CBr)CN1S(=O)(=O)c1ccc(Br)cc1Cl. The summed E-state index contributed by atoms with van der Waals surface area (Å²) in [5.41, 5.74) is 0. The average molecular weight is 448 g/mol. The largest absolute Gasteiger partial charge is 0.374 e. The molecule has 4 nitrogen and oxygen atoms in total. The number of halogens is 3. The Morgan fingerprint density at radius 3 is 2.80 bits per heavy atom. The Morgan fingerprint density at radius 2 is 2.20 bits per heavy atom. The summed E-state index contributed by atoms with van der Waals surface area (Å²) in [6.45, 7) is 2.53. The Bertz CT molecular complexity index is 596. The van der Waals surface area contributed by atoms with Gasteiger partial charge in [-0.05, 0) is 25.1 Å². The van der Waals surface area contributed by atoms with Crippen LogP contribution in [-0.4, -0.2) is 43.4 Å². The first kappa shape index (κ1) is 16.7. The molecule has 0 spiro atoms. The van der Waals surface area contributed by atoms with E-state index in [4.69, 9.17) is 16.3 Å². The second-order valence-corrected chi connectivity index (χ2v) is 8.44. The number of hydrogen-bond donors (Lipinski definition) is 0. The van der Waals surface area contributed by atoms with Crippen molar-refractivity contribution in [3.05, 3.63) is 27.7 Å². The minimum Gasteiger partial charge on any atom is -0.374 e. The van der Waals surface area contributed by atoms with Crippen LogP contribution in [0.3, 0.4) is 0 Å². The van der Waals surface area contributed by atoms with Crippen LogP contribution in [0, 0.1) is 0 Å². The van der Waals surface area contributed by atoms with E-state index >= 15 is 0 Å². The molecule has 2 atom stereocenters. The van der Waals surface area contributed by atoms with Crippen molar-refractivity contribution in [1.29, 1.82) is 0 Å². The predicted octanol–water partition coefficient (Wildman–Crippen LogP) is 3.28. The third-order valence-corrected chi connectivity index (χ3v) is 6.78. The second kappa shape index (κ2) is 6.62. The summed E-state index contributed by atoms with van der Waals surface area (Å²) in [4.78, 5) is 0.129. The molecule has 0 aromatic heterocycles. The smallest absolute Gasteiger partial charge is 0.244 e. The molecule has 1 saturated heterocycles. The van der Waals surface area contributed by atoms with Crippen LogP contribution in [0.2, 0.25) is 5.02 Å². The molecular formula is C12H14Br2ClNO3S. The Labute approximate surface area is 140 Å². The fourth-order valence-corrected chi connectivity index (χ4v) is 5.08. The molecule has 1 aromatic carbocycles. The molecule has 8 heteroatoms. The number of hydrogen-bond acceptors (Lipinski definition) is 3. The molecule has 0 N–H and O–H groups in total. The van der Waals surface area contributed by atoms with Crippen LogP contribution < -0.4 is 0 Å². The van der Waals surface area contributed by atoms with Gasteiger partial charge in [0.2, 0.25) is 10.0 Å². The van der Waals surface area contributed by atoms with Crippen molar-refractivity contribution < 1.29 is 13.2 Å². The number of rotatable bonds is 3. The van der Waals surface area contributed by atoms with Gasteiger partial charge in [-0.15, -0.1) is 0 Å². The van der Waals surface area contributed by atoms with Gasteiger partial charge in [-0.3, -0.25) is 0 Å². The van der Waals surface area contributed by atoms with E-state index in [0.717, 1.165) is 4.47 Å². The molecular weight excluding hydrogens is 433 g/mol. The van der Waals surface area contributed by atoms with Crippen LogP contribution in [0.1, 0.15) is 6.92 Å². The van der Waals surface area contributed by atoms with Crippen molar-refractivity contribution in [2.45, 2.75) is 24.0 Å². The standard InChI is InChI=1S/C12H14Br2ClNO3S/c1-8-7-19-10(5-13)6-16(8)20(17,18)12-3-2-9(14)4-11(12)15/h2-4,8,10H,5-7H2,1H3. The van der Waals surface area contributed by atoms with Gasteiger partial charge in [0, 0.05) is 22.4 Å². The van der Waals surface area contributed by atoms with Crippen molar-refractivity contribution in [3.63, 3.8) is 0 Å². The molecule has 0 aliphatic carbocycles. The molecule has 1 fully saturated rings. The second-order valence-electron chi connectivity index (χ2n) is 4.61. The van der Waals surface area contributed by atoms with Crippen LogP contribution in [0.4, 0.5) is 0 Å². The molecule has 1 aromatic rings. The van der Waals surface area contributed by atoms with Crippen LogP contribution in [0.15, 0.2) is 27.6 Å². The average Bonchev–Trinajstić information content (AvgIpc) is 2.38. The fraction of sp³-hybridized carbons (Fsp3) is 0.500. The highest BCUT2D eigenvalue weighted by Crippen LogP contribution is 2.30. The summed E-state index contributed by atoms with van der Waals surface area (Å²) >= 11 is 12.7. The number of nitrogens with zero attached hydrogens (tertiary/aromatic N) is 1. The number of sulfonamides is 1. The summed E-state index contributed by atoms with van der Waals surface area (Å²) in [6, 6.07) is 4.57. The third kappa shape index (κ3) is 3.39. The van der Waals surface area contributed by atoms with Crippen molar-refractivity contribution in [2.24, 2.45) is 0 Å². The van der Waals surface area contributed by atoms with E-state index in [1.54, 1.807) is 12.1 Å². The molecule has 112 valence electrons. The summed E-state index contributed by atoms with van der Waals surface area (Å²) in [7, 11) is -3.62. The fourth-order valence-electron chi connectivity index (χ4n) is 2.03. The molecule has 2 unspecified atom stereocenters. The zero-order valence-electron chi connectivity index (χ0n) is 10.7. The van der Waals surface area contributed by atoms with Gasteiger partial charge >= 0.3 is 0 Å². The van der Waals surface area contributed by atoms with Gasteiger partial charge in [0.25, 0.3) is 0 Å². The molecule has 0 bridgehead atoms. The first-order valence-electron chi connectivity index (χ1n) is 6.00. The Hall–Kier alpha value is 0.340. The van der Waals surface area contributed by atoms with Gasteiger partial charge in [0.15, 0.2) is 0 Å². The van der Waals surface area contributed by atoms with E-state index in [2.05, 4.69) is 31.9 Å². The maximum atomic E-state index is 12.7. The summed E-state index contributed by atoms with van der Waals surface area (Å²) < 4.78 is 33.3. The van der Waals surface area contributed by atoms with Gasteiger partial charge in [0.1, 0.15) is 4.90 Å². The predicted molar refractivity (Wildman–Crippen MR) is 86.0 cm³/mol. The Kier molecular flexibility index (Phi) is 5.53. The molecule has 2 rings (SSSR count). The number of ether oxygens (including phenoxy) is 1. The summed E-state index contributed by atoms with van der Waals surface area (Å²) in [5, 5.41) is 0.813. The zero-order valence-corrected chi connectivity index (χ0v) is 15.5. The number of morpholine rings is 1. The van der Waals surface area contributed by atoms with Crippen molar-refractivity contribution in [2.75, 3.05) is 18.5 Å². The van der Waals surface area contributed by atoms with E-state index in [0.29, 0.717) is 18.5 Å². The quantitative estimate of drug-likeness (QED) is 0.668. The zero-order chi connectivity index (χ0) is 14.9. The summed E-state index contributed by atoms with van der Waals surface area (Å²) in [5.74, 6) is 0.